The third kappa shape index (κ3) is 1.80. The van der Waals surface area contributed by atoms with Crippen molar-refractivity contribution in [2.24, 2.45) is 0 Å². The highest BCUT2D eigenvalue weighted by atomic mass is 32.1. The second-order valence-electron chi connectivity index (χ2n) is 4.43. The smallest absolute Gasteiger partial charge is 0.153 e. The molecule has 2 nitrogen and oxygen atoms in total. The van der Waals surface area contributed by atoms with E-state index in [0.29, 0.717) is 6.04 Å². The molecular formula is C14H15NOS. The molecule has 0 saturated carbocycles. The second kappa shape index (κ2) is 4.08. The fourth-order valence-corrected chi connectivity index (χ4v) is 3.08. The van der Waals surface area contributed by atoms with Gasteiger partial charge in [0.25, 0.3) is 0 Å². The van der Waals surface area contributed by atoms with Gasteiger partial charge in [-0.25, -0.2) is 0 Å². The fourth-order valence-electron chi connectivity index (χ4n) is 2.22. The Bertz CT molecular complexity index is 521. The van der Waals surface area contributed by atoms with E-state index in [4.69, 9.17) is 4.74 Å². The van der Waals surface area contributed by atoms with Crippen molar-refractivity contribution in [3.8, 4) is 5.75 Å². The summed E-state index contributed by atoms with van der Waals surface area (Å²) in [6, 6.07) is 10.7. The Balaban J connectivity index is 1.98. The molecule has 88 valence electrons. The monoisotopic (exact) mass is 245 g/mol. The lowest BCUT2D eigenvalue weighted by Crippen LogP contribution is -2.32. The molecule has 1 aromatic carbocycles. The van der Waals surface area contributed by atoms with E-state index in [-0.39, 0.29) is 6.10 Å². The highest BCUT2D eigenvalue weighted by molar-refractivity contribution is 7.10. The summed E-state index contributed by atoms with van der Waals surface area (Å²) in [6.45, 7) is 4.27. The lowest BCUT2D eigenvalue weighted by molar-refractivity contribution is 0.181. The summed E-state index contributed by atoms with van der Waals surface area (Å²) >= 11 is 1.75. The van der Waals surface area contributed by atoms with Gasteiger partial charge in [-0.3, -0.25) is 0 Å². The number of aryl methyl sites for hydroxylation is 1. The molecule has 2 atom stereocenters. The summed E-state index contributed by atoms with van der Waals surface area (Å²) in [5.41, 5.74) is 2.37. The average molecular weight is 245 g/mol. The van der Waals surface area contributed by atoms with E-state index >= 15 is 0 Å². The zero-order valence-corrected chi connectivity index (χ0v) is 10.8. The van der Waals surface area contributed by atoms with Gasteiger partial charge < -0.3 is 10.1 Å². The maximum Gasteiger partial charge on any atom is 0.153 e. The van der Waals surface area contributed by atoms with Crippen LogP contribution in [0.4, 0.5) is 5.69 Å². The third-order valence-electron chi connectivity index (χ3n) is 3.14. The predicted molar refractivity (Wildman–Crippen MR) is 72.0 cm³/mol. The molecule has 1 aliphatic rings. The Labute approximate surface area is 105 Å². The van der Waals surface area contributed by atoms with Crippen LogP contribution < -0.4 is 10.1 Å². The van der Waals surface area contributed by atoms with Crippen molar-refractivity contribution in [1.82, 2.24) is 0 Å². The highest BCUT2D eigenvalue weighted by Crippen LogP contribution is 2.40. The molecule has 0 spiro atoms. The van der Waals surface area contributed by atoms with Gasteiger partial charge in [-0.15, -0.1) is 11.3 Å². The number of ether oxygens (including phenoxy) is 1. The number of anilines is 1. The third-order valence-corrected chi connectivity index (χ3v) is 4.07. The maximum absolute atomic E-state index is 6.12. The standard InChI is InChI=1S/C14H15NOS/c1-9-5-3-6-11-13(9)15-10(2)14(16-11)12-7-4-8-17-12/h3-8,10,14-15H,1-2H3. The SMILES string of the molecule is Cc1cccc2c1NC(C)C(c1cccs1)O2. The lowest BCUT2D eigenvalue weighted by atomic mass is 10.1. The maximum atomic E-state index is 6.12. The molecule has 0 saturated heterocycles. The van der Waals surface area contributed by atoms with Crippen LogP contribution in [-0.2, 0) is 0 Å². The molecule has 3 heteroatoms. The Kier molecular flexibility index (Phi) is 2.56. The van der Waals surface area contributed by atoms with Crippen molar-refractivity contribution in [1.29, 1.82) is 0 Å². The summed E-state index contributed by atoms with van der Waals surface area (Å²) < 4.78 is 6.12. The van der Waals surface area contributed by atoms with Gasteiger partial charge in [-0.1, -0.05) is 18.2 Å². The topological polar surface area (TPSA) is 21.3 Å². The van der Waals surface area contributed by atoms with Crippen LogP contribution in [0.5, 0.6) is 5.75 Å². The normalized spacial score (nSPS) is 22.5. The van der Waals surface area contributed by atoms with Gasteiger partial charge in [0, 0.05) is 4.88 Å². The molecule has 1 N–H and O–H groups in total. The van der Waals surface area contributed by atoms with Crippen molar-refractivity contribution < 1.29 is 4.74 Å². The Morgan fingerprint density at radius 3 is 2.88 bits per heavy atom. The fraction of sp³-hybridized carbons (Fsp3) is 0.286. The van der Waals surface area contributed by atoms with E-state index < -0.39 is 0 Å². The van der Waals surface area contributed by atoms with Gasteiger partial charge in [0.05, 0.1) is 11.7 Å². The minimum Gasteiger partial charge on any atom is -0.481 e. The first-order valence-electron chi connectivity index (χ1n) is 5.82. The largest absolute Gasteiger partial charge is 0.481 e. The number of thiophene rings is 1. The van der Waals surface area contributed by atoms with E-state index in [1.807, 2.05) is 12.1 Å². The first-order valence-corrected chi connectivity index (χ1v) is 6.70. The quantitative estimate of drug-likeness (QED) is 0.820. The molecular weight excluding hydrogens is 230 g/mol. The molecule has 17 heavy (non-hydrogen) atoms. The van der Waals surface area contributed by atoms with Gasteiger partial charge in [-0.2, -0.15) is 0 Å². The van der Waals surface area contributed by atoms with Gasteiger partial charge in [0.2, 0.25) is 0 Å². The number of rotatable bonds is 1. The van der Waals surface area contributed by atoms with Crippen molar-refractivity contribution in [2.75, 3.05) is 5.32 Å². The van der Waals surface area contributed by atoms with E-state index in [1.165, 1.54) is 10.4 Å². The summed E-state index contributed by atoms with van der Waals surface area (Å²) in [5.74, 6) is 0.960. The van der Waals surface area contributed by atoms with Crippen LogP contribution in [0, 0.1) is 6.92 Å². The molecule has 3 rings (SSSR count). The number of benzene rings is 1. The van der Waals surface area contributed by atoms with E-state index in [2.05, 4.69) is 42.7 Å². The summed E-state index contributed by atoms with van der Waals surface area (Å²) in [6.07, 6.45) is 0.115. The molecule has 0 bridgehead atoms. The molecule has 2 aromatic rings. The number of hydrogen-bond acceptors (Lipinski definition) is 3. The van der Waals surface area contributed by atoms with Crippen molar-refractivity contribution in [3.63, 3.8) is 0 Å². The Hall–Kier alpha value is -1.48. The molecule has 0 aliphatic carbocycles. The lowest BCUT2D eigenvalue weighted by Gasteiger charge is -2.33. The van der Waals surface area contributed by atoms with Crippen LogP contribution in [0.2, 0.25) is 0 Å². The highest BCUT2D eigenvalue weighted by Gasteiger charge is 2.28. The van der Waals surface area contributed by atoms with Crippen molar-refractivity contribution in [3.05, 3.63) is 46.2 Å². The first-order chi connectivity index (χ1) is 8.25. The van der Waals surface area contributed by atoms with Gasteiger partial charge in [0.15, 0.2) is 6.10 Å². The summed E-state index contributed by atoms with van der Waals surface area (Å²) in [7, 11) is 0. The van der Waals surface area contributed by atoms with E-state index in [1.54, 1.807) is 11.3 Å². The summed E-state index contributed by atoms with van der Waals surface area (Å²) in [4.78, 5) is 1.28. The molecule has 2 heterocycles. The molecule has 0 fully saturated rings. The van der Waals surface area contributed by atoms with Crippen LogP contribution in [-0.4, -0.2) is 6.04 Å². The Morgan fingerprint density at radius 1 is 1.24 bits per heavy atom. The van der Waals surface area contributed by atoms with E-state index in [0.717, 1.165) is 11.4 Å². The van der Waals surface area contributed by atoms with Crippen molar-refractivity contribution in [2.45, 2.75) is 26.0 Å². The zero-order valence-electron chi connectivity index (χ0n) is 9.94. The van der Waals surface area contributed by atoms with Gasteiger partial charge in [-0.05, 0) is 36.9 Å². The zero-order chi connectivity index (χ0) is 11.8. The molecule has 1 aromatic heterocycles. The molecule has 2 unspecified atom stereocenters. The van der Waals surface area contributed by atoms with E-state index in [9.17, 15) is 0 Å². The molecule has 1 aliphatic heterocycles. The van der Waals surface area contributed by atoms with Crippen LogP contribution in [0.1, 0.15) is 23.5 Å². The van der Waals surface area contributed by atoms with Crippen LogP contribution in [0.3, 0.4) is 0 Å². The van der Waals surface area contributed by atoms with Crippen LogP contribution in [0.15, 0.2) is 35.7 Å². The van der Waals surface area contributed by atoms with Crippen LogP contribution >= 0.6 is 11.3 Å². The number of hydrogen-bond donors (Lipinski definition) is 1. The van der Waals surface area contributed by atoms with Crippen molar-refractivity contribution >= 4 is 17.0 Å². The average Bonchev–Trinajstić information content (AvgIpc) is 2.83. The minimum absolute atomic E-state index is 0.115. The number of nitrogens with one attached hydrogen (secondary N) is 1. The first kappa shape index (κ1) is 10.7. The number of para-hydroxylation sites is 1. The van der Waals surface area contributed by atoms with Crippen LogP contribution in [0.25, 0.3) is 0 Å². The molecule has 0 amide bonds. The predicted octanol–water partition coefficient (Wildman–Crippen LogP) is 3.99. The second-order valence-corrected chi connectivity index (χ2v) is 5.41. The van der Waals surface area contributed by atoms with Gasteiger partial charge in [0.1, 0.15) is 5.75 Å². The molecule has 0 radical (unpaired) electrons. The minimum atomic E-state index is 0.115. The summed E-state index contributed by atoms with van der Waals surface area (Å²) in [5, 5.41) is 5.64. The number of fused-ring (bicyclic) bond motifs is 1. The van der Waals surface area contributed by atoms with Gasteiger partial charge >= 0.3 is 0 Å². The Morgan fingerprint density at radius 2 is 2.12 bits per heavy atom.